The van der Waals surface area contributed by atoms with Gasteiger partial charge in [-0.3, -0.25) is 4.79 Å². The minimum Gasteiger partial charge on any atom is -0.352 e. The first kappa shape index (κ1) is 15.5. The number of hydrogen-bond acceptors (Lipinski definition) is 2. The quantitative estimate of drug-likeness (QED) is 0.811. The normalized spacial score (nSPS) is 10.1. The molecule has 0 atom stereocenters. The summed E-state index contributed by atoms with van der Waals surface area (Å²) in [6, 6.07) is 10.5. The average Bonchev–Trinajstić information content (AvgIpc) is 2.49. The smallest absolute Gasteiger partial charge is 0.312 e. The minimum absolute atomic E-state index is 0.143. The highest BCUT2D eigenvalue weighted by Crippen LogP contribution is 2.17. The predicted octanol–water partition coefficient (Wildman–Crippen LogP) is 2.55. The van der Waals surface area contributed by atoms with E-state index in [9.17, 15) is 14.0 Å². The van der Waals surface area contributed by atoms with Crippen molar-refractivity contribution in [3.05, 3.63) is 65.0 Å². The Kier molecular flexibility index (Phi) is 4.73. The predicted molar refractivity (Wildman–Crippen MR) is 82.0 cm³/mol. The van der Waals surface area contributed by atoms with E-state index in [4.69, 9.17) is 5.73 Å². The zero-order valence-electron chi connectivity index (χ0n) is 12.0. The first-order chi connectivity index (χ1) is 10.5. The van der Waals surface area contributed by atoms with Crippen molar-refractivity contribution in [3.63, 3.8) is 0 Å². The molecule has 0 saturated heterocycles. The first-order valence-corrected chi connectivity index (χ1v) is 6.65. The number of rotatable bonds is 4. The number of halogens is 1. The topological polar surface area (TPSA) is 84.2 Å². The number of primary amides is 1. The lowest BCUT2D eigenvalue weighted by atomic mass is 10.1. The summed E-state index contributed by atoms with van der Waals surface area (Å²) >= 11 is 0. The van der Waals surface area contributed by atoms with Crippen molar-refractivity contribution in [3.8, 4) is 0 Å². The molecule has 4 N–H and O–H groups in total. The number of anilines is 1. The molecule has 22 heavy (non-hydrogen) atoms. The highest BCUT2D eigenvalue weighted by atomic mass is 19.1. The molecule has 6 heteroatoms. The molecule has 0 spiro atoms. The summed E-state index contributed by atoms with van der Waals surface area (Å²) < 4.78 is 13.6. The third-order valence-electron chi connectivity index (χ3n) is 3.05. The lowest BCUT2D eigenvalue weighted by Gasteiger charge is -2.08. The highest BCUT2D eigenvalue weighted by Gasteiger charge is 2.09. The van der Waals surface area contributed by atoms with Crippen molar-refractivity contribution in [2.24, 2.45) is 5.73 Å². The van der Waals surface area contributed by atoms with Crippen LogP contribution in [0.5, 0.6) is 0 Å². The zero-order chi connectivity index (χ0) is 16.1. The SMILES string of the molecule is Cc1ccc(F)c(NC(=O)c2ccc(CNC(N)=O)cc2)c1. The minimum atomic E-state index is -0.614. The number of nitrogens with two attached hydrogens (primary N) is 1. The van der Waals surface area contributed by atoms with E-state index < -0.39 is 17.8 Å². The number of amides is 3. The Hall–Kier alpha value is -2.89. The van der Waals surface area contributed by atoms with Crippen molar-refractivity contribution < 1.29 is 14.0 Å². The number of nitrogens with one attached hydrogen (secondary N) is 2. The maximum absolute atomic E-state index is 13.6. The van der Waals surface area contributed by atoms with Crippen LogP contribution >= 0.6 is 0 Å². The fraction of sp³-hybridized carbons (Fsp3) is 0.125. The van der Waals surface area contributed by atoms with Crippen LogP contribution in [0.15, 0.2) is 42.5 Å². The fourth-order valence-corrected chi connectivity index (χ4v) is 1.89. The third-order valence-corrected chi connectivity index (χ3v) is 3.05. The summed E-state index contributed by atoms with van der Waals surface area (Å²) in [4.78, 5) is 22.7. The van der Waals surface area contributed by atoms with Crippen LogP contribution < -0.4 is 16.4 Å². The monoisotopic (exact) mass is 301 g/mol. The maximum atomic E-state index is 13.6. The van der Waals surface area contributed by atoms with Crippen molar-refractivity contribution in [2.75, 3.05) is 5.32 Å². The lowest BCUT2D eigenvalue weighted by molar-refractivity contribution is 0.102. The number of aryl methyl sites for hydroxylation is 1. The van der Waals surface area contributed by atoms with Crippen LogP contribution in [0.1, 0.15) is 21.5 Å². The van der Waals surface area contributed by atoms with Crippen molar-refractivity contribution in [1.29, 1.82) is 0 Å². The molecule has 0 aliphatic heterocycles. The van der Waals surface area contributed by atoms with Crippen molar-refractivity contribution in [1.82, 2.24) is 5.32 Å². The van der Waals surface area contributed by atoms with E-state index in [2.05, 4.69) is 10.6 Å². The van der Waals surface area contributed by atoms with Gasteiger partial charge in [-0.15, -0.1) is 0 Å². The summed E-state index contributed by atoms with van der Waals surface area (Å²) in [7, 11) is 0. The number of hydrogen-bond donors (Lipinski definition) is 3. The first-order valence-electron chi connectivity index (χ1n) is 6.65. The van der Waals surface area contributed by atoms with Crippen LogP contribution in [0.3, 0.4) is 0 Å². The summed E-state index contributed by atoms with van der Waals surface area (Å²) in [6.45, 7) is 2.10. The molecule has 0 aromatic heterocycles. The lowest BCUT2D eigenvalue weighted by Crippen LogP contribution is -2.28. The Bertz CT molecular complexity index is 699. The molecule has 5 nitrogen and oxygen atoms in total. The van der Waals surface area contributed by atoms with Gasteiger partial charge in [-0.1, -0.05) is 18.2 Å². The van der Waals surface area contributed by atoms with Gasteiger partial charge in [0.05, 0.1) is 5.69 Å². The van der Waals surface area contributed by atoms with Gasteiger partial charge < -0.3 is 16.4 Å². The molecule has 2 aromatic carbocycles. The van der Waals surface area contributed by atoms with Gasteiger partial charge in [0.25, 0.3) is 5.91 Å². The van der Waals surface area contributed by atoms with Crippen LogP contribution in [0.4, 0.5) is 14.9 Å². The van der Waals surface area contributed by atoms with E-state index >= 15 is 0 Å². The molecule has 0 aliphatic rings. The van der Waals surface area contributed by atoms with Gasteiger partial charge in [0, 0.05) is 12.1 Å². The van der Waals surface area contributed by atoms with E-state index in [-0.39, 0.29) is 12.2 Å². The largest absolute Gasteiger partial charge is 0.352 e. The van der Waals surface area contributed by atoms with Crippen molar-refractivity contribution in [2.45, 2.75) is 13.5 Å². The fourth-order valence-electron chi connectivity index (χ4n) is 1.89. The molecule has 0 radical (unpaired) electrons. The van der Waals surface area contributed by atoms with Crippen molar-refractivity contribution >= 4 is 17.6 Å². The van der Waals surface area contributed by atoms with E-state index in [1.807, 2.05) is 6.92 Å². The second kappa shape index (κ2) is 6.71. The molecule has 114 valence electrons. The summed E-state index contributed by atoms with van der Waals surface area (Å²) in [5, 5.41) is 4.99. The van der Waals surface area contributed by atoms with Crippen LogP contribution in [-0.4, -0.2) is 11.9 Å². The van der Waals surface area contributed by atoms with E-state index in [0.717, 1.165) is 11.1 Å². The summed E-state index contributed by atoms with van der Waals surface area (Å²) in [5.74, 6) is -0.889. The molecule has 0 fully saturated rings. The van der Waals surface area contributed by atoms with Gasteiger partial charge in [-0.2, -0.15) is 0 Å². The Morgan fingerprint density at radius 1 is 1.14 bits per heavy atom. The van der Waals surface area contributed by atoms with E-state index in [1.54, 1.807) is 36.4 Å². The van der Waals surface area contributed by atoms with Gasteiger partial charge in [0.15, 0.2) is 0 Å². The molecule has 0 heterocycles. The average molecular weight is 301 g/mol. The summed E-state index contributed by atoms with van der Waals surface area (Å²) in [5.41, 5.74) is 7.17. The molecule has 0 unspecified atom stereocenters. The number of carbonyl (C=O) groups excluding carboxylic acids is 2. The van der Waals surface area contributed by atoms with E-state index in [0.29, 0.717) is 5.56 Å². The highest BCUT2D eigenvalue weighted by molar-refractivity contribution is 6.04. The Balaban J connectivity index is 2.06. The zero-order valence-corrected chi connectivity index (χ0v) is 12.0. The van der Waals surface area contributed by atoms with Gasteiger partial charge in [-0.25, -0.2) is 9.18 Å². The molecule has 0 bridgehead atoms. The van der Waals surface area contributed by atoms with Gasteiger partial charge in [-0.05, 0) is 42.3 Å². The van der Waals surface area contributed by atoms with Crippen LogP contribution in [0.2, 0.25) is 0 Å². The Labute approximate surface area is 127 Å². The van der Waals surface area contributed by atoms with Gasteiger partial charge in [0.2, 0.25) is 0 Å². The molecule has 0 aliphatic carbocycles. The molecular weight excluding hydrogens is 285 g/mol. The van der Waals surface area contributed by atoms with E-state index in [1.165, 1.54) is 6.07 Å². The second-order valence-electron chi connectivity index (χ2n) is 4.85. The van der Waals surface area contributed by atoms with Gasteiger partial charge >= 0.3 is 6.03 Å². The van der Waals surface area contributed by atoms with Gasteiger partial charge in [0.1, 0.15) is 5.82 Å². The molecule has 3 amide bonds. The number of urea groups is 1. The third kappa shape index (κ3) is 4.05. The number of carbonyl (C=O) groups is 2. The standard InChI is InChI=1S/C16H16FN3O2/c1-10-2-7-13(17)14(8-10)20-15(21)12-5-3-11(4-6-12)9-19-16(18)22/h2-8H,9H2,1H3,(H,20,21)(H3,18,19,22). The summed E-state index contributed by atoms with van der Waals surface area (Å²) in [6.07, 6.45) is 0. The Morgan fingerprint density at radius 3 is 2.45 bits per heavy atom. The molecule has 2 rings (SSSR count). The number of benzene rings is 2. The molecule has 0 saturated carbocycles. The molecule has 2 aromatic rings. The van der Waals surface area contributed by atoms with Crippen LogP contribution in [0.25, 0.3) is 0 Å². The molecular formula is C16H16FN3O2. The van der Waals surface area contributed by atoms with Crippen LogP contribution in [0, 0.1) is 12.7 Å². The Morgan fingerprint density at radius 2 is 1.82 bits per heavy atom. The second-order valence-corrected chi connectivity index (χ2v) is 4.85. The van der Waals surface area contributed by atoms with Crippen LogP contribution in [-0.2, 0) is 6.54 Å². The maximum Gasteiger partial charge on any atom is 0.312 e.